The lowest BCUT2D eigenvalue weighted by Crippen LogP contribution is -1.86. The summed E-state index contributed by atoms with van der Waals surface area (Å²) in [6.45, 7) is 12.8. The molecule has 0 aliphatic heterocycles. The molecule has 0 saturated carbocycles. The molecular weight excluding hydrogens is 110 g/mol. The minimum Gasteiger partial charge on any atom is -0.264 e. The highest BCUT2D eigenvalue weighted by Gasteiger charge is 1.93. The Morgan fingerprint density at radius 3 is 2.44 bits per heavy atom. The summed E-state index contributed by atoms with van der Waals surface area (Å²) in [5.41, 5.74) is 2.11. The van der Waals surface area contributed by atoms with E-state index in [0.717, 1.165) is 5.56 Å². The van der Waals surface area contributed by atoms with E-state index < -0.39 is 0 Å². The zero-order chi connectivity index (χ0) is 6.85. The second kappa shape index (κ2) is 2.18. The highest BCUT2D eigenvalue weighted by atomic mass is 14.6. The van der Waals surface area contributed by atoms with Crippen molar-refractivity contribution in [1.82, 2.24) is 4.98 Å². The summed E-state index contributed by atoms with van der Waals surface area (Å²) in [7, 11) is 0. The van der Waals surface area contributed by atoms with Gasteiger partial charge in [-0.1, -0.05) is 0 Å². The largest absolute Gasteiger partial charge is 0.264 e. The Balaban J connectivity index is 3.25. The van der Waals surface area contributed by atoms with E-state index in [-0.39, 0.29) is 0 Å². The van der Waals surface area contributed by atoms with Crippen molar-refractivity contribution < 1.29 is 0 Å². The molecule has 0 fully saturated rings. The third kappa shape index (κ3) is 1.10. The van der Waals surface area contributed by atoms with E-state index in [9.17, 15) is 0 Å². The van der Waals surface area contributed by atoms with Crippen molar-refractivity contribution in [3.63, 3.8) is 0 Å². The van der Waals surface area contributed by atoms with Crippen molar-refractivity contribution in [2.45, 2.75) is 6.92 Å². The summed E-state index contributed by atoms with van der Waals surface area (Å²) in [5.74, 6) is 0. The van der Waals surface area contributed by atoms with E-state index in [2.05, 4.69) is 4.98 Å². The van der Waals surface area contributed by atoms with Crippen molar-refractivity contribution in [3.05, 3.63) is 42.9 Å². The maximum atomic E-state index is 5.52. The summed E-state index contributed by atoms with van der Waals surface area (Å²) in [5, 5.41) is 0. The van der Waals surface area contributed by atoms with E-state index in [4.69, 9.17) is 13.8 Å². The van der Waals surface area contributed by atoms with Crippen LogP contribution in [-0.4, -0.2) is 4.98 Å². The van der Waals surface area contributed by atoms with Crippen molar-refractivity contribution >= 4 is 0 Å². The van der Waals surface area contributed by atoms with Crippen LogP contribution in [0.2, 0.25) is 0 Å². The smallest absolute Gasteiger partial charge is 0.0306 e. The van der Waals surface area contributed by atoms with Gasteiger partial charge in [-0.05, 0) is 30.5 Å². The fraction of sp³-hybridized carbons (Fsp3) is 0.125. The molecule has 0 aliphatic rings. The van der Waals surface area contributed by atoms with Crippen molar-refractivity contribution in [1.29, 1.82) is 0 Å². The van der Waals surface area contributed by atoms with Gasteiger partial charge >= 0.3 is 0 Å². The number of hydrogen-bond donors (Lipinski definition) is 0. The van der Waals surface area contributed by atoms with Crippen LogP contribution in [0, 0.1) is 20.8 Å². The first-order valence-electron chi connectivity index (χ1n) is 2.67. The van der Waals surface area contributed by atoms with Gasteiger partial charge in [0.05, 0.1) is 0 Å². The number of pyridine rings is 1. The maximum absolute atomic E-state index is 5.52. The Kier molecular flexibility index (Phi) is 1.52. The Labute approximate surface area is 55.7 Å². The molecule has 0 aliphatic carbocycles. The molecule has 0 N–H and O–H groups in total. The topological polar surface area (TPSA) is 12.9 Å². The van der Waals surface area contributed by atoms with Gasteiger partial charge in [-0.25, -0.2) is 0 Å². The Morgan fingerprint density at radius 1 is 1.33 bits per heavy atom. The van der Waals surface area contributed by atoms with Crippen LogP contribution >= 0.6 is 0 Å². The molecule has 0 bridgehead atoms. The van der Waals surface area contributed by atoms with Crippen LogP contribution in [0.25, 0.3) is 0 Å². The summed E-state index contributed by atoms with van der Waals surface area (Å²) < 4.78 is 0. The fourth-order valence-electron chi connectivity index (χ4n) is 0.596. The highest BCUT2D eigenvalue weighted by Crippen LogP contribution is 2.07. The second-order valence-corrected chi connectivity index (χ2v) is 1.96. The number of rotatable bonds is 0. The van der Waals surface area contributed by atoms with Gasteiger partial charge in [0.1, 0.15) is 0 Å². The predicted molar refractivity (Wildman–Crippen MR) is 35.8 cm³/mol. The minimum atomic E-state index is 0.551. The van der Waals surface area contributed by atoms with Crippen LogP contribution in [0.15, 0.2) is 12.4 Å². The van der Waals surface area contributed by atoms with E-state index >= 15 is 0 Å². The molecule has 0 unspecified atom stereocenters. The quantitative estimate of drug-likeness (QED) is 0.502. The Hall–Kier alpha value is -0.850. The summed E-state index contributed by atoms with van der Waals surface area (Å²) in [4.78, 5) is 3.84. The first kappa shape index (κ1) is 6.27. The van der Waals surface area contributed by atoms with Crippen LogP contribution in [0.4, 0.5) is 0 Å². The van der Waals surface area contributed by atoms with Crippen LogP contribution in [0.3, 0.4) is 0 Å². The van der Waals surface area contributed by atoms with Gasteiger partial charge in [-0.3, -0.25) is 4.98 Å². The van der Waals surface area contributed by atoms with Crippen LogP contribution < -0.4 is 0 Å². The molecule has 1 nitrogen and oxygen atoms in total. The summed E-state index contributed by atoms with van der Waals surface area (Å²) in [6.07, 6.45) is 3.23. The van der Waals surface area contributed by atoms with Gasteiger partial charge in [0.15, 0.2) is 0 Å². The van der Waals surface area contributed by atoms with Crippen LogP contribution in [0.1, 0.15) is 16.7 Å². The lowest BCUT2D eigenvalue weighted by Gasteiger charge is -1.99. The fourth-order valence-corrected chi connectivity index (χ4v) is 0.596. The van der Waals surface area contributed by atoms with Crippen molar-refractivity contribution in [2.24, 2.45) is 0 Å². The van der Waals surface area contributed by atoms with Gasteiger partial charge in [0.2, 0.25) is 0 Å². The molecule has 1 rings (SSSR count). The monoisotopic (exact) mass is 117 g/mol. The van der Waals surface area contributed by atoms with E-state index in [1.165, 1.54) is 0 Å². The van der Waals surface area contributed by atoms with Crippen LogP contribution in [0.5, 0.6) is 0 Å². The molecule has 9 heavy (non-hydrogen) atoms. The van der Waals surface area contributed by atoms with E-state index in [1.807, 2.05) is 6.92 Å². The molecule has 1 heteroatoms. The lowest BCUT2D eigenvalue weighted by molar-refractivity contribution is 1.22. The molecule has 1 aromatic heterocycles. The zero-order valence-electron chi connectivity index (χ0n) is 5.26. The van der Waals surface area contributed by atoms with Gasteiger partial charge in [-0.15, -0.1) is 0 Å². The number of aromatic nitrogens is 1. The number of hydrogen-bond acceptors (Lipinski definition) is 1. The normalized spacial score (nSPS) is 9.67. The molecule has 1 heterocycles. The Bertz CT molecular complexity index is 196. The van der Waals surface area contributed by atoms with Gasteiger partial charge < -0.3 is 0 Å². The van der Waals surface area contributed by atoms with Crippen molar-refractivity contribution in [2.75, 3.05) is 0 Å². The minimum absolute atomic E-state index is 0.551. The van der Waals surface area contributed by atoms with E-state index in [0.29, 0.717) is 11.1 Å². The van der Waals surface area contributed by atoms with Gasteiger partial charge in [0, 0.05) is 19.3 Å². The number of aryl methyl sites for hydroxylation is 1. The second-order valence-electron chi connectivity index (χ2n) is 1.96. The molecule has 0 spiro atoms. The molecule has 0 saturated heterocycles. The predicted octanol–water partition coefficient (Wildman–Crippen LogP) is 1.51. The molecule has 44 valence electrons. The molecule has 1 aromatic rings. The van der Waals surface area contributed by atoms with Gasteiger partial charge in [-0.2, -0.15) is 0 Å². The summed E-state index contributed by atoms with van der Waals surface area (Å²) in [6, 6.07) is 0. The summed E-state index contributed by atoms with van der Waals surface area (Å²) >= 11 is 0. The SMILES string of the molecule is [CH]c1cncc(C)c1[CH]. The first-order valence-corrected chi connectivity index (χ1v) is 2.67. The lowest BCUT2D eigenvalue weighted by atomic mass is 10.1. The molecule has 4 radical (unpaired) electrons. The standard InChI is InChI=1S/C8H7N/c1-6-4-9-5-7(2)8(6)3/h1,3-5H,2H3. The molecular formula is C8H7N. The highest BCUT2D eigenvalue weighted by molar-refractivity contribution is 5.34. The molecule has 0 aromatic carbocycles. The molecule has 0 amide bonds. The zero-order valence-corrected chi connectivity index (χ0v) is 5.26. The maximum Gasteiger partial charge on any atom is 0.0306 e. The first-order chi connectivity index (χ1) is 4.22. The third-order valence-corrected chi connectivity index (χ3v) is 1.22. The molecule has 0 atom stereocenters. The van der Waals surface area contributed by atoms with Crippen molar-refractivity contribution in [3.8, 4) is 0 Å². The average molecular weight is 117 g/mol. The van der Waals surface area contributed by atoms with Crippen LogP contribution in [-0.2, 0) is 0 Å². The third-order valence-electron chi connectivity index (χ3n) is 1.22. The average Bonchev–Trinajstić information content (AvgIpc) is 1.83. The Morgan fingerprint density at radius 2 is 2.00 bits per heavy atom. The van der Waals surface area contributed by atoms with Gasteiger partial charge in [0.25, 0.3) is 0 Å². The number of nitrogens with zero attached hydrogens (tertiary/aromatic N) is 1. The van der Waals surface area contributed by atoms with E-state index in [1.54, 1.807) is 12.4 Å².